The molecule has 3 N–H and O–H groups in total. The van der Waals surface area contributed by atoms with Gasteiger partial charge in [-0.25, -0.2) is 4.79 Å². The summed E-state index contributed by atoms with van der Waals surface area (Å²) in [5.41, 5.74) is 1.16. The van der Waals surface area contributed by atoms with Crippen molar-refractivity contribution in [1.82, 2.24) is 5.32 Å². The van der Waals surface area contributed by atoms with Crippen molar-refractivity contribution in [2.24, 2.45) is 0 Å². The van der Waals surface area contributed by atoms with Crippen molar-refractivity contribution in [2.45, 2.75) is 37.5 Å². The number of aliphatic hydroxyl groups is 1. The van der Waals surface area contributed by atoms with E-state index in [-0.39, 0.29) is 18.8 Å². The van der Waals surface area contributed by atoms with Crippen LogP contribution in [0.5, 0.6) is 0 Å². The molecule has 3 atom stereocenters. The van der Waals surface area contributed by atoms with Crippen LogP contribution in [0.3, 0.4) is 0 Å². The fraction of sp³-hybridized carbons (Fsp3) is 0.533. The largest absolute Gasteiger partial charge is 0.479 e. The molecule has 1 heterocycles. The van der Waals surface area contributed by atoms with Crippen LogP contribution in [0.2, 0.25) is 0 Å². The zero-order chi connectivity index (χ0) is 14.4. The molecule has 0 aliphatic carbocycles. The molecular weight excluding hydrogens is 258 g/mol. The van der Waals surface area contributed by atoms with E-state index in [1.165, 1.54) is 0 Å². The van der Waals surface area contributed by atoms with E-state index in [2.05, 4.69) is 5.32 Å². The first-order chi connectivity index (χ1) is 9.69. The molecule has 1 saturated heterocycles. The maximum absolute atomic E-state index is 10.8. The number of carboxylic acid groups (broad SMARTS) is 1. The smallest absolute Gasteiger partial charge is 0.332 e. The Balaban J connectivity index is 1.76. The van der Waals surface area contributed by atoms with Crippen LogP contribution in [0.25, 0.3) is 0 Å². The molecule has 0 bridgehead atoms. The van der Waals surface area contributed by atoms with Crippen LogP contribution in [0.4, 0.5) is 0 Å². The Kier molecular flexibility index (Phi) is 5.52. The van der Waals surface area contributed by atoms with E-state index in [0.29, 0.717) is 13.0 Å². The molecule has 1 aliphatic heterocycles. The van der Waals surface area contributed by atoms with Crippen molar-refractivity contribution in [3.05, 3.63) is 35.9 Å². The minimum Gasteiger partial charge on any atom is -0.479 e. The Morgan fingerprint density at radius 3 is 2.70 bits per heavy atom. The molecule has 0 radical (unpaired) electrons. The number of hydrogen-bond donors (Lipinski definition) is 3. The molecule has 20 heavy (non-hydrogen) atoms. The number of carboxylic acids is 1. The molecule has 0 aromatic heterocycles. The zero-order valence-corrected chi connectivity index (χ0v) is 11.4. The topological polar surface area (TPSA) is 78.8 Å². The summed E-state index contributed by atoms with van der Waals surface area (Å²) in [6, 6.07) is 9.92. The van der Waals surface area contributed by atoms with Crippen molar-refractivity contribution >= 4 is 5.97 Å². The molecule has 1 aromatic carbocycles. The van der Waals surface area contributed by atoms with Crippen molar-refractivity contribution in [1.29, 1.82) is 0 Å². The maximum Gasteiger partial charge on any atom is 0.332 e. The summed E-state index contributed by atoms with van der Waals surface area (Å²) in [5, 5.41) is 21.5. The van der Waals surface area contributed by atoms with Gasteiger partial charge >= 0.3 is 5.97 Å². The SMILES string of the molecule is O=C(O)C1CCC(CNC(CO)Cc2ccccc2)O1. The van der Waals surface area contributed by atoms with Crippen LogP contribution in [-0.2, 0) is 16.0 Å². The average Bonchev–Trinajstić information content (AvgIpc) is 2.93. The molecule has 110 valence electrons. The van der Waals surface area contributed by atoms with Gasteiger partial charge in [-0.15, -0.1) is 0 Å². The number of carbonyl (C=O) groups is 1. The van der Waals surface area contributed by atoms with Crippen molar-refractivity contribution in [3.8, 4) is 0 Å². The highest BCUT2D eigenvalue weighted by molar-refractivity contribution is 5.72. The van der Waals surface area contributed by atoms with Crippen LogP contribution >= 0.6 is 0 Å². The summed E-state index contributed by atoms with van der Waals surface area (Å²) in [6.07, 6.45) is 1.29. The number of nitrogens with one attached hydrogen (secondary N) is 1. The summed E-state index contributed by atoms with van der Waals surface area (Å²) in [5.74, 6) is -0.893. The van der Waals surface area contributed by atoms with Crippen molar-refractivity contribution < 1.29 is 19.7 Å². The molecule has 5 heteroatoms. The Morgan fingerprint density at radius 1 is 1.35 bits per heavy atom. The van der Waals surface area contributed by atoms with Gasteiger partial charge in [-0.05, 0) is 24.8 Å². The fourth-order valence-electron chi connectivity index (χ4n) is 2.44. The Morgan fingerprint density at radius 2 is 2.10 bits per heavy atom. The van der Waals surface area contributed by atoms with Gasteiger partial charge in [0.15, 0.2) is 6.10 Å². The van der Waals surface area contributed by atoms with Crippen LogP contribution in [0.1, 0.15) is 18.4 Å². The lowest BCUT2D eigenvalue weighted by atomic mass is 10.1. The average molecular weight is 279 g/mol. The van der Waals surface area contributed by atoms with Gasteiger partial charge in [-0.3, -0.25) is 0 Å². The van der Waals surface area contributed by atoms with Gasteiger partial charge in [0.05, 0.1) is 12.7 Å². The zero-order valence-electron chi connectivity index (χ0n) is 11.4. The molecule has 2 rings (SSSR count). The van der Waals surface area contributed by atoms with Crippen LogP contribution in [-0.4, -0.2) is 47.6 Å². The predicted octanol–water partition coefficient (Wildman–Crippen LogP) is 0.812. The maximum atomic E-state index is 10.8. The molecule has 0 amide bonds. The van der Waals surface area contributed by atoms with Crippen LogP contribution in [0.15, 0.2) is 30.3 Å². The quantitative estimate of drug-likeness (QED) is 0.688. The second-order valence-electron chi connectivity index (χ2n) is 5.14. The van der Waals surface area contributed by atoms with E-state index in [0.717, 1.165) is 18.4 Å². The van der Waals surface area contributed by atoms with Gasteiger partial charge in [0.1, 0.15) is 0 Å². The third kappa shape index (κ3) is 4.30. The third-order valence-corrected chi connectivity index (χ3v) is 3.56. The summed E-state index contributed by atoms with van der Waals surface area (Å²) in [7, 11) is 0. The van der Waals surface area contributed by atoms with E-state index < -0.39 is 12.1 Å². The lowest BCUT2D eigenvalue weighted by molar-refractivity contribution is -0.149. The van der Waals surface area contributed by atoms with E-state index in [1.807, 2.05) is 30.3 Å². The predicted molar refractivity (Wildman–Crippen MR) is 74.6 cm³/mol. The van der Waals surface area contributed by atoms with Crippen molar-refractivity contribution in [3.63, 3.8) is 0 Å². The minimum atomic E-state index is -0.893. The molecule has 3 unspecified atom stereocenters. The summed E-state index contributed by atoms with van der Waals surface area (Å²) >= 11 is 0. The van der Waals surface area contributed by atoms with Crippen molar-refractivity contribution in [2.75, 3.05) is 13.2 Å². The number of rotatable bonds is 7. The van der Waals surface area contributed by atoms with Gasteiger partial charge in [-0.1, -0.05) is 30.3 Å². The highest BCUT2D eigenvalue weighted by Gasteiger charge is 2.30. The third-order valence-electron chi connectivity index (χ3n) is 3.56. The van der Waals surface area contributed by atoms with E-state index in [1.54, 1.807) is 0 Å². The number of aliphatic carboxylic acids is 1. The van der Waals surface area contributed by atoms with Gasteiger partial charge in [0, 0.05) is 12.6 Å². The second kappa shape index (κ2) is 7.38. The van der Waals surface area contributed by atoms with E-state index in [4.69, 9.17) is 9.84 Å². The van der Waals surface area contributed by atoms with Crippen LogP contribution < -0.4 is 5.32 Å². The number of hydrogen-bond acceptors (Lipinski definition) is 4. The first-order valence-corrected chi connectivity index (χ1v) is 6.95. The fourth-order valence-corrected chi connectivity index (χ4v) is 2.44. The van der Waals surface area contributed by atoms with Gasteiger partial charge in [-0.2, -0.15) is 0 Å². The highest BCUT2D eigenvalue weighted by atomic mass is 16.5. The monoisotopic (exact) mass is 279 g/mol. The normalized spacial score (nSPS) is 23.6. The molecular formula is C15H21NO4. The molecule has 0 spiro atoms. The Labute approximate surface area is 118 Å². The summed E-state index contributed by atoms with van der Waals surface area (Å²) in [4.78, 5) is 10.8. The van der Waals surface area contributed by atoms with Crippen LogP contribution in [0, 0.1) is 0 Å². The second-order valence-corrected chi connectivity index (χ2v) is 5.14. The Bertz CT molecular complexity index is 423. The molecule has 1 aliphatic rings. The molecule has 1 aromatic rings. The van der Waals surface area contributed by atoms with Gasteiger partial charge < -0.3 is 20.3 Å². The van der Waals surface area contributed by atoms with Gasteiger partial charge in [0.25, 0.3) is 0 Å². The van der Waals surface area contributed by atoms with E-state index in [9.17, 15) is 9.90 Å². The first-order valence-electron chi connectivity index (χ1n) is 6.95. The summed E-state index contributed by atoms with van der Waals surface area (Å²) in [6.45, 7) is 0.617. The van der Waals surface area contributed by atoms with Gasteiger partial charge in [0.2, 0.25) is 0 Å². The number of ether oxygens (including phenoxy) is 1. The minimum absolute atomic E-state index is 0.0371. The first kappa shape index (κ1) is 15.0. The standard InChI is InChI=1S/C15H21NO4/c17-10-12(8-11-4-2-1-3-5-11)16-9-13-6-7-14(20-13)15(18)19/h1-5,12-14,16-17H,6-10H2,(H,18,19). The van der Waals surface area contributed by atoms with E-state index >= 15 is 0 Å². The highest BCUT2D eigenvalue weighted by Crippen LogP contribution is 2.19. The lowest BCUT2D eigenvalue weighted by Crippen LogP contribution is -2.39. The number of benzene rings is 1. The summed E-state index contributed by atoms with van der Waals surface area (Å²) < 4.78 is 5.42. The molecule has 5 nitrogen and oxygen atoms in total. The molecule has 0 saturated carbocycles. The lowest BCUT2D eigenvalue weighted by Gasteiger charge is -2.19. The molecule has 1 fully saturated rings. The number of aliphatic hydroxyl groups excluding tert-OH is 1. The Hall–Kier alpha value is -1.43.